The molecule has 0 radical (unpaired) electrons. The Kier molecular flexibility index (Phi) is 5.83. The summed E-state index contributed by atoms with van der Waals surface area (Å²) in [5.41, 5.74) is 3.33. The molecule has 1 heterocycles. The lowest BCUT2D eigenvalue weighted by molar-refractivity contribution is -0.122. The lowest BCUT2D eigenvalue weighted by Crippen LogP contribution is -2.32. The number of fused-ring (bicyclic) bond motifs is 1. The van der Waals surface area contributed by atoms with Crippen LogP contribution in [0.5, 0.6) is 0 Å². The highest BCUT2D eigenvalue weighted by atomic mass is 16.2. The third-order valence-electron chi connectivity index (χ3n) is 4.64. The number of para-hydroxylation sites is 1. The molecule has 2 amide bonds. The van der Waals surface area contributed by atoms with Gasteiger partial charge in [0.1, 0.15) is 0 Å². The van der Waals surface area contributed by atoms with E-state index in [4.69, 9.17) is 0 Å². The number of rotatable bonds is 7. The zero-order valence-electron chi connectivity index (χ0n) is 14.3. The molecule has 4 nitrogen and oxygen atoms in total. The minimum Gasteiger partial charge on any atom is -0.356 e. The molecule has 0 saturated heterocycles. The van der Waals surface area contributed by atoms with E-state index in [2.05, 4.69) is 22.8 Å². The van der Waals surface area contributed by atoms with Crippen LogP contribution in [0.2, 0.25) is 0 Å². The maximum atomic E-state index is 12.1. The van der Waals surface area contributed by atoms with Gasteiger partial charge in [-0.25, -0.2) is 0 Å². The Hall–Kier alpha value is -2.62. The first-order valence-corrected chi connectivity index (χ1v) is 8.92. The number of carbonyl (C=O) groups excluding carboxylic acids is 2. The van der Waals surface area contributed by atoms with Crippen molar-refractivity contribution in [3.05, 3.63) is 65.7 Å². The number of hydrogen-bond acceptors (Lipinski definition) is 2. The van der Waals surface area contributed by atoms with Gasteiger partial charge in [0.25, 0.3) is 0 Å². The fraction of sp³-hybridized carbons (Fsp3) is 0.333. The van der Waals surface area contributed by atoms with Crippen LogP contribution in [0.15, 0.2) is 54.6 Å². The van der Waals surface area contributed by atoms with Crippen molar-refractivity contribution in [2.24, 2.45) is 5.92 Å². The molecule has 3 rings (SSSR count). The van der Waals surface area contributed by atoms with Crippen LogP contribution in [0.1, 0.15) is 30.4 Å². The number of carbonyl (C=O) groups is 2. The van der Waals surface area contributed by atoms with E-state index in [0.717, 1.165) is 24.1 Å². The monoisotopic (exact) mass is 336 g/mol. The molecule has 130 valence electrons. The Balaban J connectivity index is 1.37. The summed E-state index contributed by atoms with van der Waals surface area (Å²) in [6.45, 7) is 0.674. The molecule has 4 heteroatoms. The molecule has 1 unspecified atom stereocenters. The summed E-state index contributed by atoms with van der Waals surface area (Å²) in [5.74, 6) is -0.0692. The normalized spacial score (nSPS) is 16.0. The van der Waals surface area contributed by atoms with Gasteiger partial charge in [-0.3, -0.25) is 9.59 Å². The van der Waals surface area contributed by atoms with E-state index in [9.17, 15) is 9.59 Å². The van der Waals surface area contributed by atoms with Crippen LogP contribution in [-0.4, -0.2) is 18.4 Å². The lowest BCUT2D eigenvalue weighted by Gasteiger charge is -2.24. The molecular weight excluding hydrogens is 312 g/mol. The van der Waals surface area contributed by atoms with Crippen molar-refractivity contribution >= 4 is 17.5 Å². The summed E-state index contributed by atoms with van der Waals surface area (Å²) in [5, 5.41) is 5.89. The first-order valence-electron chi connectivity index (χ1n) is 8.92. The highest BCUT2D eigenvalue weighted by Crippen LogP contribution is 2.27. The van der Waals surface area contributed by atoms with Gasteiger partial charge in [0.15, 0.2) is 0 Å². The second kappa shape index (κ2) is 8.47. The zero-order chi connectivity index (χ0) is 17.5. The summed E-state index contributed by atoms with van der Waals surface area (Å²) in [6, 6.07) is 18.1. The molecule has 1 aliphatic heterocycles. The van der Waals surface area contributed by atoms with Crippen molar-refractivity contribution in [1.29, 1.82) is 0 Å². The van der Waals surface area contributed by atoms with E-state index in [1.807, 2.05) is 42.5 Å². The molecule has 0 fully saturated rings. The van der Waals surface area contributed by atoms with Crippen molar-refractivity contribution in [2.75, 3.05) is 11.9 Å². The third-order valence-corrected chi connectivity index (χ3v) is 4.64. The van der Waals surface area contributed by atoms with E-state index in [1.54, 1.807) is 0 Å². The van der Waals surface area contributed by atoms with Crippen molar-refractivity contribution in [1.82, 2.24) is 5.32 Å². The van der Waals surface area contributed by atoms with Crippen molar-refractivity contribution < 1.29 is 9.59 Å². The summed E-state index contributed by atoms with van der Waals surface area (Å²) >= 11 is 0. The first kappa shape index (κ1) is 17.2. The predicted octanol–water partition coefficient (Wildman–Crippen LogP) is 3.33. The van der Waals surface area contributed by atoms with E-state index in [0.29, 0.717) is 25.8 Å². The zero-order valence-corrected chi connectivity index (χ0v) is 14.3. The molecule has 2 aromatic rings. The second-order valence-electron chi connectivity index (χ2n) is 6.53. The average molecular weight is 336 g/mol. The highest BCUT2D eigenvalue weighted by Gasteiger charge is 2.26. The highest BCUT2D eigenvalue weighted by molar-refractivity contribution is 5.96. The second-order valence-corrected chi connectivity index (χ2v) is 6.53. The Morgan fingerprint density at radius 3 is 2.68 bits per heavy atom. The average Bonchev–Trinajstić information content (AvgIpc) is 2.64. The minimum absolute atomic E-state index is 0.0237. The quantitative estimate of drug-likeness (QED) is 0.762. The Morgan fingerprint density at radius 2 is 1.84 bits per heavy atom. The molecule has 0 aromatic heterocycles. The van der Waals surface area contributed by atoms with Crippen molar-refractivity contribution in [3.63, 3.8) is 0 Å². The SMILES string of the molecule is O=C(CCC1Cc2ccccc2NC1=O)NCCCc1ccccc1. The minimum atomic E-state index is -0.120. The number of amides is 2. The van der Waals surface area contributed by atoms with Crippen LogP contribution in [0.25, 0.3) is 0 Å². The van der Waals surface area contributed by atoms with Gasteiger partial charge in [-0.05, 0) is 42.9 Å². The van der Waals surface area contributed by atoms with Gasteiger partial charge in [-0.15, -0.1) is 0 Å². The van der Waals surface area contributed by atoms with Gasteiger partial charge in [-0.1, -0.05) is 48.5 Å². The van der Waals surface area contributed by atoms with Gasteiger partial charge in [0.05, 0.1) is 0 Å². The van der Waals surface area contributed by atoms with E-state index < -0.39 is 0 Å². The van der Waals surface area contributed by atoms with Crippen molar-refractivity contribution in [2.45, 2.75) is 32.1 Å². The van der Waals surface area contributed by atoms with E-state index in [1.165, 1.54) is 5.56 Å². The molecule has 25 heavy (non-hydrogen) atoms. The van der Waals surface area contributed by atoms with Crippen LogP contribution in [0.4, 0.5) is 5.69 Å². The Morgan fingerprint density at radius 1 is 1.08 bits per heavy atom. The molecule has 2 N–H and O–H groups in total. The number of nitrogens with one attached hydrogen (secondary N) is 2. The summed E-state index contributed by atoms with van der Waals surface area (Å²) in [4.78, 5) is 24.2. The number of benzene rings is 2. The van der Waals surface area contributed by atoms with E-state index >= 15 is 0 Å². The van der Waals surface area contributed by atoms with Crippen LogP contribution >= 0.6 is 0 Å². The molecule has 0 bridgehead atoms. The smallest absolute Gasteiger partial charge is 0.227 e. The summed E-state index contributed by atoms with van der Waals surface area (Å²) < 4.78 is 0. The molecule has 1 aliphatic rings. The van der Waals surface area contributed by atoms with Crippen LogP contribution in [-0.2, 0) is 22.4 Å². The van der Waals surface area contributed by atoms with Crippen molar-refractivity contribution in [3.8, 4) is 0 Å². The van der Waals surface area contributed by atoms with Crippen LogP contribution in [0.3, 0.4) is 0 Å². The number of anilines is 1. The lowest BCUT2D eigenvalue weighted by atomic mass is 9.89. The van der Waals surface area contributed by atoms with Crippen LogP contribution in [0, 0.1) is 5.92 Å². The summed E-state index contributed by atoms with van der Waals surface area (Å²) in [6.07, 6.45) is 3.58. The van der Waals surface area contributed by atoms with Gasteiger partial charge in [0.2, 0.25) is 11.8 Å². The predicted molar refractivity (Wildman–Crippen MR) is 99.3 cm³/mol. The molecule has 0 saturated carbocycles. The molecule has 0 aliphatic carbocycles. The first-order chi connectivity index (χ1) is 12.2. The topological polar surface area (TPSA) is 58.2 Å². The number of hydrogen-bond donors (Lipinski definition) is 2. The van der Waals surface area contributed by atoms with Crippen LogP contribution < -0.4 is 10.6 Å². The fourth-order valence-corrected chi connectivity index (χ4v) is 3.21. The van der Waals surface area contributed by atoms with Gasteiger partial charge in [0, 0.05) is 24.6 Å². The Labute approximate surface area is 148 Å². The van der Waals surface area contributed by atoms with E-state index in [-0.39, 0.29) is 17.7 Å². The van der Waals surface area contributed by atoms with Gasteiger partial charge in [-0.2, -0.15) is 0 Å². The largest absolute Gasteiger partial charge is 0.356 e. The summed E-state index contributed by atoms with van der Waals surface area (Å²) in [7, 11) is 0. The fourth-order valence-electron chi connectivity index (χ4n) is 3.21. The van der Waals surface area contributed by atoms with Gasteiger partial charge >= 0.3 is 0 Å². The Bertz CT molecular complexity index is 728. The number of aryl methyl sites for hydroxylation is 1. The van der Waals surface area contributed by atoms with Gasteiger partial charge < -0.3 is 10.6 Å². The third kappa shape index (κ3) is 4.92. The standard InChI is InChI=1S/C21H24N2O2/c24-20(22-14-6-9-16-7-2-1-3-8-16)13-12-18-15-17-10-4-5-11-19(17)23-21(18)25/h1-5,7-8,10-11,18H,6,9,12-15H2,(H,22,24)(H,23,25). The molecule has 2 aromatic carbocycles. The molecule has 1 atom stereocenters. The maximum Gasteiger partial charge on any atom is 0.227 e. The maximum absolute atomic E-state index is 12.1. The molecule has 0 spiro atoms. The molecular formula is C21H24N2O2.